The van der Waals surface area contributed by atoms with Crippen LogP contribution in [0.5, 0.6) is 0 Å². The fourth-order valence-corrected chi connectivity index (χ4v) is 3.43. The van der Waals surface area contributed by atoms with E-state index in [1.54, 1.807) is 31.2 Å². The van der Waals surface area contributed by atoms with Crippen LogP contribution in [0.15, 0.2) is 41.4 Å². The molecular formula is C13H11Cl3N2O2S. The molecule has 1 N–H and O–H groups in total. The lowest BCUT2D eigenvalue weighted by atomic mass is 10.1. The van der Waals surface area contributed by atoms with Crippen molar-refractivity contribution in [3.05, 3.63) is 57.3 Å². The summed E-state index contributed by atoms with van der Waals surface area (Å²) in [5.41, 5.74) is 0.749. The molecule has 1 heterocycles. The molecule has 0 aliphatic heterocycles. The van der Waals surface area contributed by atoms with E-state index < -0.39 is 16.1 Å². The quantitative estimate of drug-likeness (QED) is 0.830. The smallest absolute Gasteiger partial charge is 0.242 e. The molecule has 0 aliphatic rings. The molecule has 1 unspecified atom stereocenters. The van der Waals surface area contributed by atoms with Crippen molar-refractivity contribution in [3.8, 4) is 0 Å². The lowest BCUT2D eigenvalue weighted by Crippen LogP contribution is -2.27. The first kappa shape index (κ1) is 16.5. The standard InChI is InChI=1S/C13H11Cl3N2O2S/c1-8(9-3-2-4-10(14)5-9)18-21(19,20)11-6-12(15)13(16)17-7-11/h2-8,18H,1H3. The first-order valence-electron chi connectivity index (χ1n) is 5.88. The molecule has 8 heteroatoms. The highest BCUT2D eigenvalue weighted by atomic mass is 35.5. The molecule has 2 aromatic rings. The summed E-state index contributed by atoms with van der Waals surface area (Å²) in [6, 6.07) is 7.75. The molecule has 0 aliphatic carbocycles. The van der Waals surface area contributed by atoms with Crippen molar-refractivity contribution < 1.29 is 8.42 Å². The molecule has 0 amide bonds. The molecule has 112 valence electrons. The molecule has 0 radical (unpaired) electrons. The second-order valence-electron chi connectivity index (χ2n) is 4.34. The lowest BCUT2D eigenvalue weighted by molar-refractivity contribution is 0.566. The minimum Gasteiger partial charge on any atom is -0.242 e. The Kier molecular flexibility index (Phi) is 5.11. The maximum absolute atomic E-state index is 12.3. The van der Waals surface area contributed by atoms with Gasteiger partial charge in [-0.2, -0.15) is 0 Å². The van der Waals surface area contributed by atoms with Gasteiger partial charge in [-0.3, -0.25) is 0 Å². The minimum absolute atomic E-state index is 0.0502. The first-order valence-corrected chi connectivity index (χ1v) is 8.50. The van der Waals surface area contributed by atoms with Gasteiger partial charge in [0.1, 0.15) is 10.0 Å². The van der Waals surface area contributed by atoms with E-state index in [0.717, 1.165) is 11.8 Å². The van der Waals surface area contributed by atoms with E-state index >= 15 is 0 Å². The maximum Gasteiger partial charge on any atom is 0.242 e. The summed E-state index contributed by atoms with van der Waals surface area (Å²) in [6.45, 7) is 1.72. The first-order chi connectivity index (χ1) is 9.79. The van der Waals surface area contributed by atoms with Gasteiger partial charge in [0, 0.05) is 17.3 Å². The molecule has 0 saturated heterocycles. The molecule has 0 bridgehead atoms. The fourth-order valence-electron chi connectivity index (χ4n) is 1.70. The number of hydrogen-bond donors (Lipinski definition) is 1. The van der Waals surface area contributed by atoms with Crippen LogP contribution in [0.4, 0.5) is 0 Å². The molecule has 1 atom stereocenters. The third kappa shape index (κ3) is 4.08. The van der Waals surface area contributed by atoms with Gasteiger partial charge < -0.3 is 0 Å². The Balaban J connectivity index is 2.26. The van der Waals surface area contributed by atoms with Gasteiger partial charge in [0.15, 0.2) is 0 Å². The van der Waals surface area contributed by atoms with Crippen LogP contribution in [-0.2, 0) is 10.0 Å². The Morgan fingerprint density at radius 1 is 1.19 bits per heavy atom. The zero-order valence-corrected chi connectivity index (χ0v) is 13.9. The van der Waals surface area contributed by atoms with E-state index in [-0.39, 0.29) is 15.1 Å². The fraction of sp³-hybridized carbons (Fsp3) is 0.154. The van der Waals surface area contributed by atoms with Crippen molar-refractivity contribution in [2.24, 2.45) is 0 Å². The Labute approximate surface area is 138 Å². The van der Waals surface area contributed by atoms with E-state index in [4.69, 9.17) is 34.8 Å². The van der Waals surface area contributed by atoms with Crippen LogP contribution in [0.1, 0.15) is 18.5 Å². The third-order valence-electron chi connectivity index (χ3n) is 2.76. The molecule has 0 spiro atoms. The average molecular weight is 366 g/mol. The van der Waals surface area contributed by atoms with Crippen LogP contribution in [0.3, 0.4) is 0 Å². The van der Waals surface area contributed by atoms with Gasteiger partial charge in [-0.1, -0.05) is 46.9 Å². The SMILES string of the molecule is CC(NS(=O)(=O)c1cnc(Cl)c(Cl)c1)c1cccc(Cl)c1. The molecular weight excluding hydrogens is 355 g/mol. The van der Waals surface area contributed by atoms with Crippen molar-refractivity contribution >= 4 is 44.8 Å². The number of nitrogens with zero attached hydrogens (tertiary/aromatic N) is 1. The topological polar surface area (TPSA) is 59.1 Å². The zero-order valence-electron chi connectivity index (χ0n) is 10.8. The summed E-state index contributed by atoms with van der Waals surface area (Å²) in [5, 5.41) is 0.670. The van der Waals surface area contributed by atoms with Gasteiger partial charge in [-0.15, -0.1) is 0 Å². The molecule has 1 aromatic heterocycles. The van der Waals surface area contributed by atoms with Crippen molar-refractivity contribution in [2.75, 3.05) is 0 Å². The lowest BCUT2D eigenvalue weighted by Gasteiger charge is -2.15. The van der Waals surface area contributed by atoms with Crippen molar-refractivity contribution in [1.29, 1.82) is 0 Å². The number of halogens is 3. The highest BCUT2D eigenvalue weighted by molar-refractivity contribution is 7.89. The van der Waals surface area contributed by atoms with E-state index in [0.29, 0.717) is 5.02 Å². The second kappa shape index (κ2) is 6.50. The van der Waals surface area contributed by atoms with Gasteiger partial charge in [0.05, 0.1) is 5.02 Å². The van der Waals surface area contributed by atoms with Gasteiger partial charge in [0.2, 0.25) is 10.0 Å². The summed E-state index contributed by atoms with van der Waals surface area (Å²) in [5.74, 6) is 0. The molecule has 4 nitrogen and oxygen atoms in total. The molecule has 1 aromatic carbocycles. The monoisotopic (exact) mass is 364 g/mol. The van der Waals surface area contributed by atoms with Crippen LogP contribution < -0.4 is 4.72 Å². The minimum atomic E-state index is -3.76. The number of aromatic nitrogens is 1. The van der Waals surface area contributed by atoms with E-state index in [1.807, 2.05) is 0 Å². The van der Waals surface area contributed by atoms with Gasteiger partial charge in [-0.25, -0.2) is 18.1 Å². The van der Waals surface area contributed by atoms with Crippen molar-refractivity contribution in [3.63, 3.8) is 0 Å². The number of pyridine rings is 1. The van der Waals surface area contributed by atoms with Gasteiger partial charge in [-0.05, 0) is 30.7 Å². The number of rotatable bonds is 4. The predicted molar refractivity (Wildman–Crippen MR) is 84.4 cm³/mol. The van der Waals surface area contributed by atoms with E-state index in [1.165, 1.54) is 6.07 Å². The highest BCUT2D eigenvalue weighted by Gasteiger charge is 2.20. The van der Waals surface area contributed by atoms with Crippen molar-refractivity contribution in [1.82, 2.24) is 9.71 Å². The normalized spacial score (nSPS) is 13.1. The molecule has 0 fully saturated rings. The maximum atomic E-state index is 12.3. The number of benzene rings is 1. The third-order valence-corrected chi connectivity index (χ3v) is 5.19. The van der Waals surface area contributed by atoms with Crippen LogP contribution in [0.2, 0.25) is 15.2 Å². The zero-order chi connectivity index (χ0) is 15.6. The highest BCUT2D eigenvalue weighted by Crippen LogP contribution is 2.24. The van der Waals surface area contributed by atoms with Crippen LogP contribution in [-0.4, -0.2) is 13.4 Å². The summed E-state index contributed by atoms with van der Waals surface area (Å²) in [6.07, 6.45) is 1.15. The summed E-state index contributed by atoms with van der Waals surface area (Å²) >= 11 is 17.4. The Hall–Kier alpha value is -0.850. The Morgan fingerprint density at radius 3 is 2.52 bits per heavy atom. The summed E-state index contributed by atoms with van der Waals surface area (Å²) in [4.78, 5) is 3.68. The summed E-state index contributed by atoms with van der Waals surface area (Å²) < 4.78 is 27.1. The molecule has 0 saturated carbocycles. The van der Waals surface area contributed by atoms with E-state index in [9.17, 15) is 8.42 Å². The van der Waals surface area contributed by atoms with Crippen LogP contribution >= 0.6 is 34.8 Å². The number of nitrogens with one attached hydrogen (secondary N) is 1. The second-order valence-corrected chi connectivity index (χ2v) is 7.26. The van der Waals surface area contributed by atoms with Crippen LogP contribution in [0.25, 0.3) is 0 Å². The molecule has 2 rings (SSSR count). The Bertz CT molecular complexity index is 766. The van der Waals surface area contributed by atoms with Crippen LogP contribution in [0, 0.1) is 0 Å². The number of hydrogen-bond acceptors (Lipinski definition) is 3. The Morgan fingerprint density at radius 2 is 1.90 bits per heavy atom. The average Bonchev–Trinajstić information content (AvgIpc) is 2.41. The predicted octanol–water partition coefficient (Wildman–Crippen LogP) is 4.08. The van der Waals surface area contributed by atoms with Gasteiger partial charge in [0.25, 0.3) is 0 Å². The number of sulfonamides is 1. The molecule has 21 heavy (non-hydrogen) atoms. The van der Waals surface area contributed by atoms with Crippen molar-refractivity contribution in [2.45, 2.75) is 17.9 Å². The largest absolute Gasteiger partial charge is 0.242 e. The van der Waals surface area contributed by atoms with E-state index in [2.05, 4.69) is 9.71 Å². The summed E-state index contributed by atoms with van der Waals surface area (Å²) in [7, 11) is -3.76. The van der Waals surface area contributed by atoms with Gasteiger partial charge >= 0.3 is 0 Å².